The first-order chi connectivity index (χ1) is 6.25. The van der Waals surface area contributed by atoms with Crippen LogP contribution in [0.5, 0.6) is 0 Å². The van der Waals surface area contributed by atoms with Gasteiger partial charge in [0.25, 0.3) is 0 Å². The second-order valence-corrected chi connectivity index (χ2v) is 4.79. The van der Waals surface area contributed by atoms with Crippen LogP contribution in [0.25, 0.3) is 0 Å². The summed E-state index contributed by atoms with van der Waals surface area (Å²) in [5.74, 6) is 1.83. The van der Waals surface area contributed by atoms with Crippen LogP contribution < -0.4 is 0 Å². The van der Waals surface area contributed by atoms with E-state index in [-0.39, 0.29) is 0 Å². The molecule has 1 fully saturated rings. The number of rotatable bonds is 0. The van der Waals surface area contributed by atoms with Crippen LogP contribution in [0, 0.1) is 13.8 Å². The van der Waals surface area contributed by atoms with E-state index in [1.165, 1.54) is 24.8 Å². The average Bonchev–Trinajstić information content (AvgIpc) is 2.62. The zero-order valence-corrected chi connectivity index (χ0v) is 8.43. The van der Waals surface area contributed by atoms with Gasteiger partial charge in [0, 0.05) is 0 Å². The zero-order chi connectivity index (χ0) is 9.00. The first-order valence-corrected chi connectivity index (χ1v) is 5.37. The van der Waals surface area contributed by atoms with Gasteiger partial charge in [0.05, 0.1) is 0 Å². The first-order valence-electron chi connectivity index (χ1n) is 5.37. The van der Waals surface area contributed by atoms with Crippen molar-refractivity contribution < 1.29 is 0 Å². The van der Waals surface area contributed by atoms with Gasteiger partial charge < -0.3 is 0 Å². The Kier molecular flexibility index (Phi) is 1.39. The average molecular weight is 172 g/mol. The molecule has 2 aliphatic carbocycles. The Bertz CT molecular complexity index is 363. The molecule has 0 radical (unpaired) electrons. The second-order valence-electron chi connectivity index (χ2n) is 4.79. The fourth-order valence-electron chi connectivity index (χ4n) is 3.43. The molecule has 2 bridgehead atoms. The van der Waals surface area contributed by atoms with Crippen LogP contribution in [-0.4, -0.2) is 0 Å². The summed E-state index contributed by atoms with van der Waals surface area (Å²) in [5.41, 5.74) is 6.39. The minimum atomic E-state index is 0.915. The highest BCUT2D eigenvalue weighted by Crippen LogP contribution is 2.54. The molecule has 0 spiro atoms. The molecule has 0 aromatic heterocycles. The van der Waals surface area contributed by atoms with Gasteiger partial charge in [-0.3, -0.25) is 0 Å². The molecular formula is C13H16. The maximum absolute atomic E-state index is 2.42. The fourth-order valence-corrected chi connectivity index (χ4v) is 3.43. The van der Waals surface area contributed by atoms with Crippen molar-refractivity contribution in [1.82, 2.24) is 0 Å². The largest absolute Gasteiger partial charge is 0.0561 e. The van der Waals surface area contributed by atoms with Gasteiger partial charge in [-0.05, 0) is 61.6 Å². The minimum absolute atomic E-state index is 0.915. The molecule has 0 nitrogen and oxygen atoms in total. The van der Waals surface area contributed by atoms with Crippen molar-refractivity contribution in [2.75, 3.05) is 0 Å². The van der Waals surface area contributed by atoms with E-state index in [4.69, 9.17) is 0 Å². The number of aryl methyl sites for hydroxylation is 2. The van der Waals surface area contributed by atoms with Crippen molar-refractivity contribution in [3.63, 3.8) is 0 Å². The topological polar surface area (TPSA) is 0 Å². The zero-order valence-electron chi connectivity index (χ0n) is 8.43. The van der Waals surface area contributed by atoms with E-state index in [1.807, 2.05) is 0 Å². The van der Waals surface area contributed by atoms with Crippen LogP contribution in [-0.2, 0) is 0 Å². The molecule has 0 heterocycles. The molecule has 2 unspecified atom stereocenters. The van der Waals surface area contributed by atoms with Crippen molar-refractivity contribution >= 4 is 0 Å². The summed E-state index contributed by atoms with van der Waals surface area (Å²) in [7, 11) is 0. The molecule has 13 heavy (non-hydrogen) atoms. The Morgan fingerprint density at radius 2 is 1.85 bits per heavy atom. The van der Waals surface area contributed by atoms with E-state index < -0.39 is 0 Å². The number of fused-ring (bicyclic) bond motifs is 5. The smallest absolute Gasteiger partial charge is 0.0150 e. The predicted molar refractivity (Wildman–Crippen MR) is 55.2 cm³/mol. The third-order valence-electron chi connectivity index (χ3n) is 3.84. The Balaban J connectivity index is 2.26. The SMILES string of the molecule is Cc1cc(C)c2c(c1)C1CCC2C1. The summed E-state index contributed by atoms with van der Waals surface area (Å²) in [5, 5.41) is 0. The molecule has 1 saturated carbocycles. The predicted octanol–water partition coefficient (Wildman–Crippen LogP) is 3.67. The molecule has 0 aliphatic heterocycles. The lowest BCUT2D eigenvalue weighted by Crippen LogP contribution is -2.00. The Hall–Kier alpha value is -0.780. The number of hydrogen-bond donors (Lipinski definition) is 0. The molecule has 0 saturated heterocycles. The van der Waals surface area contributed by atoms with Crippen molar-refractivity contribution in [3.05, 3.63) is 34.4 Å². The molecule has 2 atom stereocenters. The van der Waals surface area contributed by atoms with Gasteiger partial charge in [-0.2, -0.15) is 0 Å². The Morgan fingerprint density at radius 3 is 2.69 bits per heavy atom. The normalized spacial score (nSPS) is 29.4. The van der Waals surface area contributed by atoms with Gasteiger partial charge >= 0.3 is 0 Å². The molecule has 2 aliphatic rings. The lowest BCUT2D eigenvalue weighted by atomic mass is 9.87. The van der Waals surface area contributed by atoms with Crippen LogP contribution in [0.2, 0.25) is 0 Å². The fraction of sp³-hybridized carbons (Fsp3) is 0.538. The van der Waals surface area contributed by atoms with E-state index >= 15 is 0 Å². The molecule has 1 aromatic carbocycles. The molecule has 68 valence electrons. The number of benzene rings is 1. The third-order valence-corrected chi connectivity index (χ3v) is 3.84. The highest BCUT2D eigenvalue weighted by atomic mass is 14.4. The Labute approximate surface area is 80.0 Å². The number of hydrogen-bond acceptors (Lipinski definition) is 0. The summed E-state index contributed by atoms with van der Waals surface area (Å²) in [4.78, 5) is 0. The van der Waals surface area contributed by atoms with E-state index in [1.54, 1.807) is 16.7 Å². The standard InChI is InChI=1S/C13H16/c1-8-5-9(2)13-11-4-3-10(7-11)12(13)6-8/h5-6,10-11H,3-4,7H2,1-2H3. The van der Waals surface area contributed by atoms with E-state index in [9.17, 15) is 0 Å². The van der Waals surface area contributed by atoms with Gasteiger partial charge in [-0.1, -0.05) is 17.7 Å². The highest BCUT2D eigenvalue weighted by Gasteiger charge is 2.37. The monoisotopic (exact) mass is 172 g/mol. The van der Waals surface area contributed by atoms with Crippen LogP contribution in [0.15, 0.2) is 12.1 Å². The Morgan fingerprint density at radius 1 is 1.08 bits per heavy atom. The lowest BCUT2D eigenvalue weighted by molar-refractivity contribution is 0.713. The van der Waals surface area contributed by atoms with Crippen LogP contribution in [0.4, 0.5) is 0 Å². The third kappa shape index (κ3) is 0.919. The van der Waals surface area contributed by atoms with Crippen LogP contribution in [0.3, 0.4) is 0 Å². The summed E-state index contributed by atoms with van der Waals surface area (Å²) < 4.78 is 0. The summed E-state index contributed by atoms with van der Waals surface area (Å²) in [6.07, 6.45) is 4.34. The van der Waals surface area contributed by atoms with Gasteiger partial charge in [0.15, 0.2) is 0 Å². The second kappa shape index (κ2) is 2.37. The van der Waals surface area contributed by atoms with Gasteiger partial charge in [-0.15, -0.1) is 0 Å². The van der Waals surface area contributed by atoms with Gasteiger partial charge in [-0.25, -0.2) is 0 Å². The molecule has 1 aromatic rings. The van der Waals surface area contributed by atoms with Crippen molar-refractivity contribution in [3.8, 4) is 0 Å². The van der Waals surface area contributed by atoms with E-state index in [0.717, 1.165) is 11.8 Å². The highest BCUT2D eigenvalue weighted by molar-refractivity contribution is 5.48. The van der Waals surface area contributed by atoms with Gasteiger partial charge in [0.1, 0.15) is 0 Å². The molecule has 0 N–H and O–H groups in total. The quantitative estimate of drug-likeness (QED) is 0.560. The van der Waals surface area contributed by atoms with Crippen LogP contribution >= 0.6 is 0 Å². The summed E-state index contributed by atoms with van der Waals surface area (Å²) >= 11 is 0. The van der Waals surface area contributed by atoms with Crippen LogP contribution in [0.1, 0.15) is 53.4 Å². The minimum Gasteiger partial charge on any atom is -0.0561 e. The van der Waals surface area contributed by atoms with Crippen molar-refractivity contribution in [2.24, 2.45) is 0 Å². The van der Waals surface area contributed by atoms with Gasteiger partial charge in [0.2, 0.25) is 0 Å². The van der Waals surface area contributed by atoms with Crippen molar-refractivity contribution in [1.29, 1.82) is 0 Å². The summed E-state index contributed by atoms with van der Waals surface area (Å²) in [6.45, 7) is 4.51. The molecule has 3 rings (SSSR count). The van der Waals surface area contributed by atoms with E-state index in [2.05, 4.69) is 26.0 Å². The maximum atomic E-state index is 2.42. The molecular weight excluding hydrogens is 156 g/mol. The molecule has 0 amide bonds. The van der Waals surface area contributed by atoms with Crippen molar-refractivity contribution in [2.45, 2.75) is 44.9 Å². The first kappa shape index (κ1) is 7.61. The molecule has 0 heteroatoms. The lowest BCUT2D eigenvalue weighted by Gasteiger charge is -2.18. The van der Waals surface area contributed by atoms with E-state index in [0.29, 0.717) is 0 Å². The maximum Gasteiger partial charge on any atom is -0.0150 e. The summed E-state index contributed by atoms with van der Waals surface area (Å²) in [6, 6.07) is 4.77.